The highest BCUT2D eigenvalue weighted by Crippen LogP contribution is 2.04. The Hall–Kier alpha value is -0.0800. The molecule has 11 heavy (non-hydrogen) atoms. The molecule has 0 aromatic carbocycles. The number of rotatable bonds is 8. The Morgan fingerprint density at radius 2 is 1.45 bits per heavy atom. The van der Waals surface area contributed by atoms with Gasteiger partial charge in [-0.05, 0) is 12.8 Å². The Labute approximate surface area is 69.6 Å². The number of unbranched alkanes of at least 4 members (excludes halogenated alkanes) is 5. The van der Waals surface area contributed by atoms with Gasteiger partial charge in [0.15, 0.2) is 0 Å². The second kappa shape index (κ2) is 9.92. The molecule has 0 aliphatic rings. The zero-order valence-corrected chi connectivity index (χ0v) is 7.18. The lowest BCUT2D eigenvalue weighted by Crippen LogP contribution is -1.87. The van der Waals surface area contributed by atoms with Crippen molar-refractivity contribution in [1.82, 2.24) is 0 Å². The van der Waals surface area contributed by atoms with Crippen LogP contribution in [0.25, 0.3) is 0 Å². The van der Waals surface area contributed by atoms with Gasteiger partial charge in [0.05, 0.1) is 13.7 Å². The molecule has 0 spiro atoms. The molecule has 0 aromatic rings. The topological polar surface area (TPSA) is 29.1 Å². The molecule has 0 aliphatic carbocycles. The van der Waals surface area contributed by atoms with Crippen molar-refractivity contribution in [3.8, 4) is 0 Å². The molecule has 0 N–H and O–H groups in total. The fourth-order valence-corrected chi connectivity index (χ4v) is 1.01. The third-order valence-corrected chi connectivity index (χ3v) is 1.68. The SMILES string of the molecule is [CH2]OCCCCCCCC[O]. The molecular weight excluding hydrogens is 140 g/mol. The van der Waals surface area contributed by atoms with Crippen LogP contribution in [-0.4, -0.2) is 13.2 Å². The van der Waals surface area contributed by atoms with Crippen LogP contribution >= 0.6 is 0 Å². The van der Waals surface area contributed by atoms with Crippen LogP contribution in [0, 0.1) is 7.11 Å². The third kappa shape index (κ3) is 9.92. The zero-order valence-electron chi connectivity index (χ0n) is 7.18. The first-order chi connectivity index (χ1) is 5.41. The van der Waals surface area contributed by atoms with Crippen molar-refractivity contribution in [2.45, 2.75) is 38.5 Å². The van der Waals surface area contributed by atoms with E-state index >= 15 is 0 Å². The predicted molar refractivity (Wildman–Crippen MR) is 44.6 cm³/mol. The minimum absolute atomic E-state index is 0.0853. The maximum absolute atomic E-state index is 10.0. The molecule has 0 atom stereocenters. The molecule has 0 aromatic heterocycles. The lowest BCUT2D eigenvalue weighted by Gasteiger charge is -1.98. The van der Waals surface area contributed by atoms with E-state index in [1.165, 1.54) is 19.3 Å². The molecule has 0 amide bonds. The van der Waals surface area contributed by atoms with Crippen molar-refractivity contribution >= 4 is 0 Å². The summed E-state index contributed by atoms with van der Waals surface area (Å²) >= 11 is 0. The standard InChI is InChI=1S/C9H18O2/c1-11-9-7-5-3-2-4-6-8-10/h1-9H2. The van der Waals surface area contributed by atoms with Gasteiger partial charge in [-0.25, -0.2) is 5.11 Å². The molecule has 0 heterocycles. The first kappa shape index (κ1) is 10.9. The van der Waals surface area contributed by atoms with Gasteiger partial charge < -0.3 is 4.74 Å². The van der Waals surface area contributed by atoms with Crippen molar-refractivity contribution < 1.29 is 9.84 Å². The lowest BCUT2D eigenvalue weighted by molar-refractivity contribution is 0.185. The molecule has 0 saturated heterocycles. The summed E-state index contributed by atoms with van der Waals surface area (Å²) in [5.74, 6) is 0. The molecular formula is C9H18O2. The van der Waals surface area contributed by atoms with Crippen molar-refractivity contribution in [1.29, 1.82) is 0 Å². The molecule has 2 radical (unpaired) electrons. The Bertz CT molecular complexity index is 56.6. The van der Waals surface area contributed by atoms with E-state index in [1.54, 1.807) is 0 Å². The average Bonchev–Trinajstić information content (AvgIpc) is 2.03. The molecule has 2 nitrogen and oxygen atoms in total. The van der Waals surface area contributed by atoms with E-state index in [1.807, 2.05) is 0 Å². The van der Waals surface area contributed by atoms with Crippen LogP contribution in [-0.2, 0) is 9.84 Å². The first-order valence-electron chi connectivity index (χ1n) is 4.37. The highest BCUT2D eigenvalue weighted by molar-refractivity contribution is 4.44. The van der Waals surface area contributed by atoms with Gasteiger partial charge in [-0.2, -0.15) is 0 Å². The first-order valence-corrected chi connectivity index (χ1v) is 4.37. The summed E-state index contributed by atoms with van der Waals surface area (Å²) in [6.45, 7) is 0.851. The van der Waals surface area contributed by atoms with Gasteiger partial charge in [0.2, 0.25) is 0 Å². The third-order valence-electron chi connectivity index (χ3n) is 1.68. The Morgan fingerprint density at radius 3 is 2.00 bits per heavy atom. The summed E-state index contributed by atoms with van der Waals surface area (Å²) in [4.78, 5) is 0. The van der Waals surface area contributed by atoms with E-state index in [0.717, 1.165) is 25.9 Å². The molecule has 0 bridgehead atoms. The minimum atomic E-state index is 0.0853. The monoisotopic (exact) mass is 158 g/mol. The Balaban J connectivity index is 2.69. The van der Waals surface area contributed by atoms with Crippen molar-refractivity contribution in [2.75, 3.05) is 13.2 Å². The lowest BCUT2D eigenvalue weighted by atomic mass is 10.1. The summed E-state index contributed by atoms with van der Waals surface area (Å²) in [5, 5.41) is 10.0. The molecule has 0 saturated carbocycles. The second-order valence-corrected chi connectivity index (χ2v) is 2.73. The minimum Gasteiger partial charge on any atom is -0.379 e. The van der Waals surface area contributed by atoms with Crippen molar-refractivity contribution in [3.05, 3.63) is 7.11 Å². The van der Waals surface area contributed by atoms with E-state index in [4.69, 9.17) is 0 Å². The summed E-state index contributed by atoms with van der Waals surface area (Å²) in [5.41, 5.74) is 0. The molecule has 66 valence electrons. The van der Waals surface area contributed by atoms with E-state index in [9.17, 15) is 5.11 Å². The molecule has 0 fully saturated rings. The number of hydrogen-bond donors (Lipinski definition) is 0. The number of ether oxygens (including phenoxy) is 1. The van der Waals surface area contributed by atoms with Crippen LogP contribution in [0.5, 0.6) is 0 Å². The maximum atomic E-state index is 10.0. The van der Waals surface area contributed by atoms with Gasteiger partial charge in [0.25, 0.3) is 0 Å². The molecule has 0 rings (SSSR count). The summed E-state index contributed by atoms with van der Waals surface area (Å²) in [6, 6.07) is 0. The summed E-state index contributed by atoms with van der Waals surface area (Å²) in [6.07, 6.45) is 6.65. The van der Waals surface area contributed by atoms with Gasteiger partial charge in [-0.1, -0.05) is 25.7 Å². The largest absolute Gasteiger partial charge is 0.379 e. The van der Waals surface area contributed by atoms with Crippen LogP contribution in [0.2, 0.25) is 0 Å². The van der Waals surface area contributed by atoms with E-state index < -0.39 is 0 Å². The van der Waals surface area contributed by atoms with Gasteiger partial charge in [-0.15, -0.1) is 0 Å². The highest BCUT2D eigenvalue weighted by atomic mass is 16.5. The Morgan fingerprint density at radius 1 is 0.909 bits per heavy atom. The van der Waals surface area contributed by atoms with Crippen LogP contribution in [0.3, 0.4) is 0 Å². The predicted octanol–water partition coefficient (Wildman–Crippen LogP) is 2.57. The van der Waals surface area contributed by atoms with Crippen LogP contribution in [0.1, 0.15) is 38.5 Å². The fraction of sp³-hybridized carbons (Fsp3) is 0.889. The van der Waals surface area contributed by atoms with Crippen LogP contribution in [0.4, 0.5) is 0 Å². The molecule has 0 unspecified atom stereocenters. The number of hydrogen-bond acceptors (Lipinski definition) is 1. The Kier molecular flexibility index (Phi) is 9.85. The smallest absolute Gasteiger partial charge is 0.0822 e. The van der Waals surface area contributed by atoms with Gasteiger partial charge in [-0.3, -0.25) is 0 Å². The van der Waals surface area contributed by atoms with Gasteiger partial charge in [0.1, 0.15) is 0 Å². The normalized spacial score (nSPS) is 10.4. The molecule has 0 aliphatic heterocycles. The highest BCUT2D eigenvalue weighted by Gasteiger charge is 1.89. The van der Waals surface area contributed by atoms with Gasteiger partial charge >= 0.3 is 0 Å². The second-order valence-electron chi connectivity index (χ2n) is 2.73. The van der Waals surface area contributed by atoms with E-state index in [2.05, 4.69) is 11.8 Å². The average molecular weight is 158 g/mol. The quantitative estimate of drug-likeness (QED) is 0.499. The van der Waals surface area contributed by atoms with Gasteiger partial charge in [0, 0.05) is 6.61 Å². The maximum Gasteiger partial charge on any atom is 0.0822 e. The fourth-order valence-electron chi connectivity index (χ4n) is 1.01. The van der Waals surface area contributed by atoms with E-state index in [0.29, 0.717) is 0 Å². The van der Waals surface area contributed by atoms with Crippen molar-refractivity contribution in [2.24, 2.45) is 0 Å². The van der Waals surface area contributed by atoms with Crippen molar-refractivity contribution in [3.63, 3.8) is 0 Å². The summed E-state index contributed by atoms with van der Waals surface area (Å²) < 4.78 is 4.67. The van der Waals surface area contributed by atoms with Crippen LogP contribution < -0.4 is 0 Å². The van der Waals surface area contributed by atoms with E-state index in [-0.39, 0.29) is 6.61 Å². The summed E-state index contributed by atoms with van der Waals surface area (Å²) in [7, 11) is 3.29. The molecule has 2 heteroatoms. The van der Waals surface area contributed by atoms with Crippen LogP contribution in [0.15, 0.2) is 0 Å². The zero-order chi connectivity index (χ0) is 8.36.